The van der Waals surface area contributed by atoms with E-state index in [2.05, 4.69) is 26.5 Å². The van der Waals surface area contributed by atoms with Crippen LogP contribution in [0.5, 0.6) is 0 Å². The fourth-order valence-corrected chi connectivity index (χ4v) is 2.29. The number of nitrogens with one attached hydrogen (secondary N) is 1. The van der Waals surface area contributed by atoms with Crippen molar-refractivity contribution in [2.75, 3.05) is 0 Å². The number of carbonyl (C=O) groups is 1. The lowest BCUT2D eigenvalue weighted by molar-refractivity contribution is -0.121. The van der Waals surface area contributed by atoms with Crippen LogP contribution >= 0.6 is 27.5 Å². The summed E-state index contributed by atoms with van der Waals surface area (Å²) in [4.78, 5) is 11.0. The van der Waals surface area contributed by atoms with Gasteiger partial charge in [-0.15, -0.1) is 0 Å². The molecule has 1 N–H and O–H groups in total. The van der Waals surface area contributed by atoms with E-state index in [1.54, 1.807) is 0 Å². The van der Waals surface area contributed by atoms with Crippen molar-refractivity contribution < 1.29 is 4.79 Å². The summed E-state index contributed by atoms with van der Waals surface area (Å²) < 4.78 is 0.953. The van der Waals surface area contributed by atoms with Crippen molar-refractivity contribution in [2.45, 2.75) is 19.8 Å². The lowest BCUT2D eigenvalue weighted by Gasteiger charge is -2.13. The highest BCUT2D eigenvalue weighted by atomic mass is 79.9. The first kappa shape index (κ1) is 11.6. The van der Waals surface area contributed by atoms with Crippen LogP contribution in [0, 0.1) is 6.92 Å². The molecule has 0 atom stereocenters. The van der Waals surface area contributed by atoms with E-state index in [1.165, 1.54) is 0 Å². The Morgan fingerprint density at radius 2 is 2.19 bits per heavy atom. The molecule has 0 saturated heterocycles. The quantitative estimate of drug-likeness (QED) is 0.851. The maximum absolute atomic E-state index is 11.0. The summed E-state index contributed by atoms with van der Waals surface area (Å²) in [5, 5.41) is 4.73. The number of hydrogen-bond acceptors (Lipinski definition) is 2. The standard InChI is InChI=1S/C11H10BrClN2O/c1-6-8(12)4-7(5-9(6)13)10-2-3-11(16)15-14-10/h4-5H,2-3H2,1H3,(H,15,16). The van der Waals surface area contributed by atoms with Crippen molar-refractivity contribution >= 4 is 39.1 Å². The van der Waals surface area contributed by atoms with E-state index in [-0.39, 0.29) is 5.91 Å². The number of amides is 1. The molecular formula is C11H10BrClN2O. The van der Waals surface area contributed by atoms with Crippen molar-refractivity contribution in [2.24, 2.45) is 5.10 Å². The molecule has 16 heavy (non-hydrogen) atoms. The third-order valence-corrected chi connectivity index (χ3v) is 3.73. The molecule has 0 spiro atoms. The smallest absolute Gasteiger partial charge is 0.240 e. The molecular weight excluding hydrogens is 291 g/mol. The number of nitrogens with zero attached hydrogens (tertiary/aromatic N) is 1. The topological polar surface area (TPSA) is 41.5 Å². The van der Waals surface area contributed by atoms with Gasteiger partial charge < -0.3 is 0 Å². The molecule has 1 aromatic rings. The molecule has 1 aromatic carbocycles. The molecule has 0 fully saturated rings. The van der Waals surface area contributed by atoms with Crippen LogP contribution in [-0.4, -0.2) is 11.6 Å². The highest BCUT2D eigenvalue weighted by Gasteiger charge is 2.14. The van der Waals surface area contributed by atoms with Gasteiger partial charge in [-0.05, 0) is 24.6 Å². The van der Waals surface area contributed by atoms with Crippen LogP contribution in [0.15, 0.2) is 21.7 Å². The van der Waals surface area contributed by atoms with E-state index in [0.717, 1.165) is 21.3 Å². The van der Waals surface area contributed by atoms with Gasteiger partial charge in [0.25, 0.3) is 0 Å². The van der Waals surface area contributed by atoms with Crippen molar-refractivity contribution in [3.63, 3.8) is 0 Å². The second-order valence-corrected chi connectivity index (χ2v) is 4.92. The van der Waals surface area contributed by atoms with Crippen molar-refractivity contribution in [1.29, 1.82) is 0 Å². The number of rotatable bonds is 1. The Morgan fingerprint density at radius 3 is 2.75 bits per heavy atom. The Balaban J connectivity index is 2.38. The van der Waals surface area contributed by atoms with Gasteiger partial charge in [0.05, 0.1) is 5.71 Å². The molecule has 0 bridgehead atoms. The molecule has 0 aliphatic carbocycles. The summed E-state index contributed by atoms with van der Waals surface area (Å²) in [6.07, 6.45) is 1.12. The first-order valence-corrected chi connectivity index (χ1v) is 6.06. The van der Waals surface area contributed by atoms with Crippen LogP contribution in [0.25, 0.3) is 0 Å². The van der Waals surface area contributed by atoms with E-state index < -0.39 is 0 Å². The predicted molar refractivity (Wildman–Crippen MR) is 67.8 cm³/mol. The zero-order valence-corrected chi connectivity index (χ0v) is 11.0. The number of hydrogen-bond donors (Lipinski definition) is 1. The Bertz CT molecular complexity index is 462. The largest absolute Gasteiger partial charge is 0.273 e. The Labute approximate surface area is 107 Å². The number of hydrazone groups is 1. The molecule has 1 aliphatic rings. The van der Waals surface area contributed by atoms with Crippen LogP contribution in [0.1, 0.15) is 24.0 Å². The highest BCUT2D eigenvalue weighted by Crippen LogP contribution is 2.27. The second kappa shape index (κ2) is 4.55. The maximum Gasteiger partial charge on any atom is 0.240 e. The SMILES string of the molecule is Cc1c(Cl)cc(C2=NNC(=O)CC2)cc1Br. The molecule has 0 radical (unpaired) electrons. The lowest BCUT2D eigenvalue weighted by atomic mass is 10.0. The average Bonchev–Trinajstić information content (AvgIpc) is 2.26. The zero-order valence-electron chi connectivity index (χ0n) is 8.68. The van der Waals surface area contributed by atoms with Gasteiger partial charge in [0.2, 0.25) is 5.91 Å². The van der Waals surface area contributed by atoms with E-state index in [9.17, 15) is 4.79 Å². The number of halogens is 2. The van der Waals surface area contributed by atoms with Crippen LogP contribution in [0.4, 0.5) is 0 Å². The monoisotopic (exact) mass is 300 g/mol. The zero-order chi connectivity index (χ0) is 11.7. The first-order chi connectivity index (χ1) is 7.58. The molecule has 2 rings (SSSR count). The molecule has 0 aromatic heterocycles. The highest BCUT2D eigenvalue weighted by molar-refractivity contribution is 9.10. The minimum absolute atomic E-state index is 0.0407. The summed E-state index contributed by atoms with van der Waals surface area (Å²) in [6.45, 7) is 1.95. The van der Waals surface area contributed by atoms with Gasteiger partial charge in [0.1, 0.15) is 0 Å². The molecule has 0 unspecified atom stereocenters. The molecule has 1 heterocycles. The van der Waals surface area contributed by atoms with Crippen LogP contribution in [-0.2, 0) is 4.79 Å². The van der Waals surface area contributed by atoms with Crippen LogP contribution in [0.3, 0.4) is 0 Å². The summed E-state index contributed by atoms with van der Waals surface area (Å²) in [5.41, 5.74) is 5.29. The van der Waals surface area contributed by atoms with Gasteiger partial charge in [-0.2, -0.15) is 5.10 Å². The van der Waals surface area contributed by atoms with E-state index >= 15 is 0 Å². The van der Waals surface area contributed by atoms with Crippen LogP contribution < -0.4 is 5.43 Å². The molecule has 3 nitrogen and oxygen atoms in total. The van der Waals surface area contributed by atoms with Gasteiger partial charge in [-0.1, -0.05) is 27.5 Å². The average molecular weight is 302 g/mol. The fraction of sp³-hybridized carbons (Fsp3) is 0.273. The predicted octanol–water partition coefficient (Wildman–Crippen LogP) is 3.03. The normalized spacial score (nSPS) is 15.7. The minimum Gasteiger partial charge on any atom is -0.273 e. The van der Waals surface area contributed by atoms with E-state index in [0.29, 0.717) is 17.9 Å². The van der Waals surface area contributed by atoms with E-state index in [4.69, 9.17) is 11.6 Å². The Morgan fingerprint density at radius 1 is 1.44 bits per heavy atom. The number of carbonyl (C=O) groups excluding carboxylic acids is 1. The van der Waals surface area contributed by atoms with E-state index in [1.807, 2.05) is 19.1 Å². The molecule has 0 saturated carbocycles. The molecule has 5 heteroatoms. The summed E-state index contributed by atoms with van der Waals surface area (Å²) in [6, 6.07) is 3.84. The van der Waals surface area contributed by atoms with Crippen molar-refractivity contribution in [1.82, 2.24) is 5.43 Å². The summed E-state index contributed by atoms with van der Waals surface area (Å²) >= 11 is 9.54. The Hall–Kier alpha value is -0.870. The second-order valence-electron chi connectivity index (χ2n) is 3.66. The third-order valence-electron chi connectivity index (χ3n) is 2.52. The first-order valence-electron chi connectivity index (χ1n) is 4.89. The van der Waals surface area contributed by atoms with Gasteiger partial charge in [0.15, 0.2) is 0 Å². The summed E-state index contributed by atoms with van der Waals surface area (Å²) in [5.74, 6) is -0.0407. The minimum atomic E-state index is -0.0407. The van der Waals surface area contributed by atoms with Gasteiger partial charge in [-0.3, -0.25) is 4.79 Å². The number of benzene rings is 1. The Kier molecular flexibility index (Phi) is 3.30. The van der Waals surface area contributed by atoms with Crippen molar-refractivity contribution in [3.8, 4) is 0 Å². The fourth-order valence-electron chi connectivity index (χ4n) is 1.49. The summed E-state index contributed by atoms with van der Waals surface area (Å²) in [7, 11) is 0. The third kappa shape index (κ3) is 2.28. The van der Waals surface area contributed by atoms with Crippen molar-refractivity contribution in [3.05, 3.63) is 32.8 Å². The molecule has 1 aliphatic heterocycles. The molecule has 1 amide bonds. The maximum atomic E-state index is 11.0. The van der Waals surface area contributed by atoms with Gasteiger partial charge in [0, 0.05) is 27.9 Å². The van der Waals surface area contributed by atoms with Gasteiger partial charge >= 0.3 is 0 Å². The van der Waals surface area contributed by atoms with Crippen LogP contribution in [0.2, 0.25) is 5.02 Å². The molecule has 84 valence electrons. The van der Waals surface area contributed by atoms with Gasteiger partial charge in [-0.25, -0.2) is 5.43 Å². The lowest BCUT2D eigenvalue weighted by Crippen LogP contribution is -2.25.